The lowest BCUT2D eigenvalue weighted by Crippen LogP contribution is -2.30. The lowest BCUT2D eigenvalue weighted by Gasteiger charge is -2.07. The van der Waals surface area contributed by atoms with Gasteiger partial charge in [0.2, 0.25) is 5.91 Å². The minimum Gasteiger partial charge on any atom is -0.444 e. The molecule has 4 aromatic rings. The molecule has 2 aromatic heterocycles. The molecule has 0 saturated carbocycles. The minimum atomic E-state index is -0.336. The maximum atomic E-state index is 12.2. The molecule has 31 heavy (non-hydrogen) atoms. The summed E-state index contributed by atoms with van der Waals surface area (Å²) in [5.74, 6) is -0.185. The van der Waals surface area contributed by atoms with E-state index in [2.05, 4.69) is 36.9 Å². The van der Waals surface area contributed by atoms with Crippen molar-refractivity contribution in [2.24, 2.45) is 0 Å². The van der Waals surface area contributed by atoms with Gasteiger partial charge in [-0.1, -0.05) is 35.6 Å². The Labute approximate surface area is 191 Å². The van der Waals surface area contributed by atoms with Gasteiger partial charge in [-0.3, -0.25) is 9.59 Å². The Hall–Kier alpha value is -3.17. The standard InChI is InChI=1S/C22H19BrN4O3S/c23-19-10-9-17(30-19)21(29)26-15-7-5-14(6-8-15)13-20(28)24-11-12-25-22-27-16-3-1-2-4-18(16)31-22/h1-10H,11-13H2,(H,24,28)(H,25,27)(H,26,29). The van der Waals surface area contributed by atoms with Crippen LogP contribution in [-0.2, 0) is 11.2 Å². The van der Waals surface area contributed by atoms with E-state index in [9.17, 15) is 9.59 Å². The van der Waals surface area contributed by atoms with Crippen LogP contribution < -0.4 is 16.0 Å². The highest BCUT2D eigenvalue weighted by atomic mass is 79.9. The normalized spacial score (nSPS) is 10.7. The fraction of sp³-hybridized carbons (Fsp3) is 0.136. The highest BCUT2D eigenvalue weighted by molar-refractivity contribution is 9.10. The van der Waals surface area contributed by atoms with Gasteiger partial charge in [-0.05, 0) is 57.9 Å². The second kappa shape index (κ2) is 9.76. The van der Waals surface area contributed by atoms with E-state index in [0.717, 1.165) is 20.9 Å². The van der Waals surface area contributed by atoms with Crippen molar-refractivity contribution < 1.29 is 14.0 Å². The van der Waals surface area contributed by atoms with E-state index in [1.165, 1.54) is 0 Å². The van der Waals surface area contributed by atoms with Crippen LogP contribution in [0.3, 0.4) is 0 Å². The fourth-order valence-electron chi connectivity index (χ4n) is 2.90. The molecule has 0 bridgehead atoms. The van der Waals surface area contributed by atoms with Crippen molar-refractivity contribution in [1.29, 1.82) is 0 Å². The van der Waals surface area contributed by atoms with Crippen molar-refractivity contribution in [3.8, 4) is 0 Å². The number of para-hydroxylation sites is 1. The molecular formula is C22H19BrN4O3S. The molecule has 0 saturated heterocycles. The molecule has 0 radical (unpaired) electrons. The molecule has 158 valence electrons. The van der Waals surface area contributed by atoms with Crippen molar-refractivity contribution in [3.63, 3.8) is 0 Å². The average Bonchev–Trinajstić information content (AvgIpc) is 3.38. The lowest BCUT2D eigenvalue weighted by molar-refractivity contribution is -0.120. The molecule has 0 aliphatic heterocycles. The maximum Gasteiger partial charge on any atom is 0.291 e. The van der Waals surface area contributed by atoms with Crippen LogP contribution in [0.15, 0.2) is 69.8 Å². The summed E-state index contributed by atoms with van der Waals surface area (Å²) in [5, 5.41) is 9.72. The molecule has 0 unspecified atom stereocenters. The van der Waals surface area contributed by atoms with E-state index in [1.807, 2.05) is 36.4 Å². The quantitative estimate of drug-likeness (QED) is 0.306. The van der Waals surface area contributed by atoms with Gasteiger partial charge in [0.15, 0.2) is 15.6 Å². The number of carbonyl (C=O) groups is 2. The number of hydrogen-bond donors (Lipinski definition) is 3. The Morgan fingerprint density at radius 3 is 2.55 bits per heavy atom. The highest BCUT2D eigenvalue weighted by Gasteiger charge is 2.11. The molecule has 9 heteroatoms. The van der Waals surface area contributed by atoms with Gasteiger partial charge in [-0.2, -0.15) is 0 Å². The Kier molecular flexibility index (Phi) is 6.63. The number of nitrogens with one attached hydrogen (secondary N) is 3. The van der Waals surface area contributed by atoms with Gasteiger partial charge in [0.25, 0.3) is 5.91 Å². The number of amides is 2. The molecule has 2 amide bonds. The predicted octanol–water partition coefficient (Wildman–Crippen LogP) is 4.67. The minimum absolute atomic E-state index is 0.0664. The number of halogens is 1. The maximum absolute atomic E-state index is 12.2. The fourth-order valence-corrected chi connectivity index (χ4v) is 4.10. The van der Waals surface area contributed by atoms with Crippen LogP contribution in [0, 0.1) is 0 Å². The summed E-state index contributed by atoms with van der Waals surface area (Å²) in [6, 6.07) is 18.3. The van der Waals surface area contributed by atoms with E-state index in [0.29, 0.717) is 23.4 Å². The Bertz CT molecular complexity index is 1170. The molecule has 2 aromatic carbocycles. The molecule has 3 N–H and O–H groups in total. The molecule has 0 spiro atoms. The Morgan fingerprint density at radius 2 is 1.81 bits per heavy atom. The van der Waals surface area contributed by atoms with Crippen LogP contribution in [0.1, 0.15) is 16.1 Å². The number of nitrogens with zero attached hydrogens (tertiary/aromatic N) is 1. The zero-order valence-corrected chi connectivity index (χ0v) is 18.8. The number of thiazole rings is 1. The predicted molar refractivity (Wildman–Crippen MR) is 126 cm³/mol. The average molecular weight is 499 g/mol. The third kappa shape index (κ3) is 5.71. The SMILES string of the molecule is O=C(Cc1ccc(NC(=O)c2ccc(Br)o2)cc1)NCCNc1nc2ccccc2s1. The van der Waals surface area contributed by atoms with Crippen molar-refractivity contribution in [1.82, 2.24) is 10.3 Å². The largest absolute Gasteiger partial charge is 0.444 e. The molecular weight excluding hydrogens is 480 g/mol. The van der Waals surface area contributed by atoms with Crippen molar-refractivity contribution in [2.75, 3.05) is 23.7 Å². The summed E-state index contributed by atoms with van der Waals surface area (Å²) in [6.07, 6.45) is 0.264. The van der Waals surface area contributed by atoms with Crippen LogP contribution in [0.25, 0.3) is 10.2 Å². The summed E-state index contributed by atoms with van der Waals surface area (Å²) in [4.78, 5) is 28.8. The number of aromatic nitrogens is 1. The molecule has 7 nitrogen and oxygen atoms in total. The first-order valence-corrected chi connectivity index (χ1v) is 11.2. The van der Waals surface area contributed by atoms with E-state index >= 15 is 0 Å². The summed E-state index contributed by atoms with van der Waals surface area (Å²) in [5.41, 5.74) is 2.45. The van der Waals surface area contributed by atoms with Gasteiger partial charge in [0.05, 0.1) is 16.6 Å². The first-order valence-electron chi connectivity index (χ1n) is 9.58. The van der Waals surface area contributed by atoms with E-state index in [1.54, 1.807) is 35.6 Å². The molecule has 4 rings (SSSR count). The number of furan rings is 1. The smallest absolute Gasteiger partial charge is 0.291 e. The summed E-state index contributed by atoms with van der Waals surface area (Å²) < 4.78 is 6.85. The highest BCUT2D eigenvalue weighted by Crippen LogP contribution is 2.25. The first-order chi connectivity index (χ1) is 15.1. The molecule has 0 aliphatic rings. The zero-order chi connectivity index (χ0) is 21.6. The molecule has 0 atom stereocenters. The summed E-state index contributed by atoms with van der Waals surface area (Å²) >= 11 is 4.76. The lowest BCUT2D eigenvalue weighted by atomic mass is 10.1. The van der Waals surface area contributed by atoms with Gasteiger partial charge < -0.3 is 20.4 Å². The number of anilines is 2. The number of rotatable bonds is 8. The van der Waals surface area contributed by atoms with Gasteiger partial charge in [-0.15, -0.1) is 0 Å². The molecule has 2 heterocycles. The van der Waals surface area contributed by atoms with Crippen molar-refractivity contribution in [3.05, 3.63) is 76.7 Å². The molecule has 0 aliphatic carbocycles. The monoisotopic (exact) mass is 498 g/mol. The Morgan fingerprint density at radius 1 is 1.00 bits per heavy atom. The molecule has 0 fully saturated rings. The van der Waals surface area contributed by atoms with Crippen LogP contribution in [0.5, 0.6) is 0 Å². The number of hydrogen-bond acceptors (Lipinski definition) is 6. The van der Waals surface area contributed by atoms with Crippen molar-refractivity contribution in [2.45, 2.75) is 6.42 Å². The van der Waals surface area contributed by atoms with Crippen LogP contribution in [0.4, 0.5) is 10.8 Å². The Balaban J connectivity index is 1.20. The second-order valence-electron chi connectivity index (χ2n) is 6.70. The second-order valence-corrected chi connectivity index (χ2v) is 8.51. The third-order valence-electron chi connectivity index (χ3n) is 4.39. The number of fused-ring (bicyclic) bond motifs is 1. The van der Waals surface area contributed by atoms with Gasteiger partial charge >= 0.3 is 0 Å². The third-order valence-corrected chi connectivity index (χ3v) is 5.81. The number of benzene rings is 2. The van der Waals surface area contributed by atoms with Gasteiger partial charge in [-0.25, -0.2) is 4.98 Å². The van der Waals surface area contributed by atoms with E-state index in [-0.39, 0.29) is 24.0 Å². The topological polar surface area (TPSA) is 96.3 Å². The van der Waals surface area contributed by atoms with Crippen molar-refractivity contribution >= 4 is 60.1 Å². The van der Waals surface area contributed by atoms with E-state index in [4.69, 9.17) is 4.42 Å². The van der Waals surface area contributed by atoms with E-state index < -0.39 is 0 Å². The van der Waals surface area contributed by atoms with Gasteiger partial charge in [0, 0.05) is 18.8 Å². The van der Waals surface area contributed by atoms with Crippen LogP contribution >= 0.6 is 27.3 Å². The van der Waals surface area contributed by atoms with Crippen LogP contribution in [-0.4, -0.2) is 29.9 Å². The van der Waals surface area contributed by atoms with Gasteiger partial charge in [0.1, 0.15) is 0 Å². The zero-order valence-electron chi connectivity index (χ0n) is 16.4. The van der Waals surface area contributed by atoms with Crippen LogP contribution in [0.2, 0.25) is 0 Å². The number of carbonyl (C=O) groups excluding carboxylic acids is 2. The first kappa shape index (κ1) is 21.1. The summed E-state index contributed by atoms with van der Waals surface area (Å²) in [6.45, 7) is 1.10. The summed E-state index contributed by atoms with van der Waals surface area (Å²) in [7, 11) is 0.